The van der Waals surface area contributed by atoms with E-state index in [1.54, 1.807) is 12.1 Å². The van der Waals surface area contributed by atoms with E-state index in [2.05, 4.69) is 10.9 Å². The van der Waals surface area contributed by atoms with Crippen molar-refractivity contribution in [2.75, 3.05) is 11.5 Å². The summed E-state index contributed by atoms with van der Waals surface area (Å²) in [6.45, 7) is -0.633. The van der Waals surface area contributed by atoms with E-state index in [1.807, 2.05) is 12.2 Å². The number of rotatable bonds is 5. The molecule has 9 nitrogen and oxygen atoms in total. The lowest BCUT2D eigenvalue weighted by Crippen LogP contribution is -2.43. The van der Waals surface area contributed by atoms with Crippen LogP contribution in [0.25, 0.3) is 0 Å². The molecule has 10 heteroatoms. The molecular formula is C25H20ClN3O6. The first-order valence-corrected chi connectivity index (χ1v) is 11.4. The van der Waals surface area contributed by atoms with Crippen LogP contribution in [-0.4, -0.2) is 36.2 Å². The SMILES string of the molecule is O=C(COC(=O)c1ccc(N2C(=O)[C@H]3[C@H](C2=O)[C@H]2C=C[C@H]3C2)cc1)NNC(=O)c1ccccc1Cl. The van der Waals surface area contributed by atoms with Crippen LogP contribution in [0.15, 0.2) is 60.7 Å². The number of esters is 1. The molecule has 0 aromatic heterocycles. The van der Waals surface area contributed by atoms with Gasteiger partial charge in [-0.05, 0) is 54.7 Å². The van der Waals surface area contributed by atoms with Gasteiger partial charge in [0.05, 0.1) is 33.7 Å². The average Bonchev–Trinajstić information content (AvgIpc) is 3.55. The molecule has 4 amide bonds. The lowest BCUT2D eigenvalue weighted by molar-refractivity contribution is -0.125. The Bertz CT molecular complexity index is 1240. The van der Waals surface area contributed by atoms with Gasteiger partial charge < -0.3 is 4.74 Å². The predicted octanol–water partition coefficient (Wildman–Crippen LogP) is 2.27. The van der Waals surface area contributed by atoms with Crippen LogP contribution in [0.5, 0.6) is 0 Å². The van der Waals surface area contributed by atoms with Crippen LogP contribution in [0.3, 0.4) is 0 Å². The van der Waals surface area contributed by atoms with Gasteiger partial charge >= 0.3 is 5.97 Å². The Balaban J connectivity index is 1.14. The maximum Gasteiger partial charge on any atom is 0.338 e. The molecular weight excluding hydrogens is 474 g/mol. The number of imide groups is 1. The maximum absolute atomic E-state index is 12.9. The van der Waals surface area contributed by atoms with Crippen molar-refractivity contribution in [3.05, 3.63) is 76.8 Å². The van der Waals surface area contributed by atoms with E-state index < -0.39 is 24.4 Å². The van der Waals surface area contributed by atoms with Crippen LogP contribution >= 0.6 is 11.6 Å². The molecule has 0 unspecified atom stereocenters. The first kappa shape index (κ1) is 22.8. The van der Waals surface area contributed by atoms with Gasteiger partial charge in [0.25, 0.3) is 11.8 Å². The number of carbonyl (C=O) groups excluding carboxylic acids is 5. The Kier molecular flexibility index (Phi) is 5.86. The van der Waals surface area contributed by atoms with Gasteiger partial charge in [-0.25, -0.2) is 4.79 Å². The van der Waals surface area contributed by atoms with Crippen LogP contribution in [0.2, 0.25) is 5.02 Å². The van der Waals surface area contributed by atoms with Crippen molar-refractivity contribution in [2.45, 2.75) is 6.42 Å². The number of nitrogens with one attached hydrogen (secondary N) is 2. The molecule has 0 radical (unpaired) electrons. The number of ether oxygens (including phenoxy) is 1. The third-order valence-corrected chi connectivity index (χ3v) is 6.93. The second kappa shape index (κ2) is 8.99. The number of allylic oxidation sites excluding steroid dienone is 2. The van der Waals surface area contributed by atoms with E-state index in [1.165, 1.54) is 41.3 Å². The van der Waals surface area contributed by atoms with Gasteiger partial charge in [0.15, 0.2) is 6.61 Å². The minimum Gasteiger partial charge on any atom is -0.452 e. The summed E-state index contributed by atoms with van der Waals surface area (Å²) in [5.41, 5.74) is 5.04. The molecule has 35 heavy (non-hydrogen) atoms. The number of hydrogen-bond donors (Lipinski definition) is 2. The van der Waals surface area contributed by atoms with Crippen LogP contribution < -0.4 is 15.8 Å². The number of halogens is 1. The lowest BCUT2D eigenvalue weighted by atomic mass is 9.85. The molecule has 0 spiro atoms. The zero-order valence-electron chi connectivity index (χ0n) is 18.3. The second-order valence-corrected chi connectivity index (χ2v) is 9.02. The number of benzene rings is 2. The number of hydrogen-bond acceptors (Lipinski definition) is 6. The van der Waals surface area contributed by atoms with Gasteiger partial charge in [-0.15, -0.1) is 0 Å². The monoisotopic (exact) mass is 493 g/mol. The zero-order valence-corrected chi connectivity index (χ0v) is 19.0. The smallest absolute Gasteiger partial charge is 0.338 e. The van der Waals surface area contributed by atoms with Crippen LogP contribution in [0, 0.1) is 23.7 Å². The van der Waals surface area contributed by atoms with Crippen molar-refractivity contribution in [3.8, 4) is 0 Å². The van der Waals surface area contributed by atoms with Crippen molar-refractivity contribution in [3.63, 3.8) is 0 Å². The van der Waals surface area contributed by atoms with Crippen molar-refractivity contribution in [1.82, 2.24) is 10.9 Å². The van der Waals surface area contributed by atoms with Crippen molar-refractivity contribution < 1.29 is 28.7 Å². The third-order valence-electron chi connectivity index (χ3n) is 6.60. The molecule has 1 aliphatic heterocycles. The minimum atomic E-state index is -0.776. The van der Waals surface area contributed by atoms with Crippen molar-refractivity contribution in [2.24, 2.45) is 23.7 Å². The molecule has 178 valence electrons. The summed E-state index contributed by atoms with van der Waals surface area (Å²) in [6, 6.07) is 12.2. The van der Waals surface area contributed by atoms with Crippen LogP contribution in [0.1, 0.15) is 27.1 Å². The highest BCUT2D eigenvalue weighted by Crippen LogP contribution is 2.53. The Morgan fingerprint density at radius 2 is 1.54 bits per heavy atom. The van der Waals surface area contributed by atoms with Crippen molar-refractivity contribution >= 4 is 46.9 Å². The Morgan fingerprint density at radius 3 is 2.17 bits per heavy atom. The largest absolute Gasteiger partial charge is 0.452 e. The molecule has 3 aliphatic rings. The number of amides is 4. The van der Waals surface area contributed by atoms with E-state index in [9.17, 15) is 24.0 Å². The first-order valence-electron chi connectivity index (χ1n) is 11.0. The van der Waals surface area contributed by atoms with Crippen LogP contribution in [-0.2, 0) is 19.1 Å². The number of carbonyl (C=O) groups is 5. The summed E-state index contributed by atoms with van der Waals surface area (Å²) in [5.74, 6) is -2.95. The normalized spacial score (nSPS) is 23.9. The molecule has 2 bridgehead atoms. The Morgan fingerprint density at radius 1 is 0.914 bits per heavy atom. The topological polar surface area (TPSA) is 122 Å². The van der Waals surface area contributed by atoms with Crippen LogP contribution in [0.4, 0.5) is 5.69 Å². The second-order valence-electron chi connectivity index (χ2n) is 8.62. The molecule has 4 atom stereocenters. The van der Waals surface area contributed by atoms with E-state index in [-0.39, 0.29) is 51.6 Å². The first-order chi connectivity index (χ1) is 16.8. The molecule has 2 N–H and O–H groups in total. The van der Waals surface area contributed by atoms with Gasteiger partial charge in [0.1, 0.15) is 0 Å². The molecule has 1 saturated heterocycles. The number of nitrogens with zero attached hydrogens (tertiary/aromatic N) is 1. The quantitative estimate of drug-likeness (QED) is 0.285. The molecule has 2 aromatic rings. The Hall–Kier alpha value is -3.98. The van der Waals surface area contributed by atoms with Gasteiger partial charge in [0, 0.05) is 0 Å². The molecule has 2 aromatic carbocycles. The van der Waals surface area contributed by atoms with E-state index >= 15 is 0 Å². The number of fused-ring (bicyclic) bond motifs is 5. The fourth-order valence-corrected chi connectivity index (χ4v) is 5.21. The highest BCUT2D eigenvalue weighted by Gasteiger charge is 2.59. The Labute approximate surface area is 205 Å². The van der Waals surface area contributed by atoms with E-state index in [0.29, 0.717) is 5.69 Å². The summed E-state index contributed by atoms with van der Waals surface area (Å²) in [5, 5.41) is 0.221. The predicted molar refractivity (Wildman–Crippen MR) is 124 cm³/mol. The van der Waals surface area contributed by atoms with Gasteiger partial charge in [-0.2, -0.15) is 0 Å². The fraction of sp³-hybridized carbons (Fsp3) is 0.240. The van der Waals surface area contributed by atoms with E-state index in [0.717, 1.165) is 6.42 Å². The standard InChI is InChI=1S/C25H20ClN3O6/c26-18-4-2-1-3-17(18)22(31)28-27-19(30)12-35-25(34)13-7-9-16(10-8-13)29-23(32)20-14-5-6-15(11-14)21(20)24(29)33/h1-10,14-15,20-21H,11-12H2,(H,27,30)(H,28,31)/t14-,15-,20+,21+/m0/s1. The van der Waals surface area contributed by atoms with Crippen molar-refractivity contribution in [1.29, 1.82) is 0 Å². The summed E-state index contributed by atoms with van der Waals surface area (Å²) >= 11 is 5.93. The molecule has 5 rings (SSSR count). The molecule has 1 heterocycles. The maximum atomic E-state index is 12.9. The summed E-state index contributed by atoms with van der Waals surface area (Å²) in [4.78, 5) is 63.3. The highest BCUT2D eigenvalue weighted by atomic mass is 35.5. The minimum absolute atomic E-state index is 0.112. The molecule has 2 fully saturated rings. The van der Waals surface area contributed by atoms with Gasteiger partial charge in [-0.3, -0.25) is 34.9 Å². The fourth-order valence-electron chi connectivity index (χ4n) is 4.99. The molecule has 1 saturated carbocycles. The average molecular weight is 494 g/mol. The summed E-state index contributed by atoms with van der Waals surface area (Å²) < 4.78 is 4.97. The van der Waals surface area contributed by atoms with Gasteiger partial charge in [-0.1, -0.05) is 35.9 Å². The lowest BCUT2D eigenvalue weighted by Gasteiger charge is -2.17. The summed E-state index contributed by atoms with van der Waals surface area (Å²) in [7, 11) is 0. The third kappa shape index (κ3) is 4.08. The molecule has 2 aliphatic carbocycles. The number of hydrazine groups is 1. The highest BCUT2D eigenvalue weighted by molar-refractivity contribution is 6.33. The van der Waals surface area contributed by atoms with Gasteiger partial charge in [0.2, 0.25) is 11.8 Å². The number of anilines is 1. The zero-order chi connectivity index (χ0) is 24.7. The summed E-state index contributed by atoms with van der Waals surface area (Å²) in [6.07, 6.45) is 4.90. The van der Waals surface area contributed by atoms with E-state index in [4.69, 9.17) is 16.3 Å².